The van der Waals surface area contributed by atoms with E-state index in [1.54, 1.807) is 0 Å². The number of hydrogen-bond acceptors (Lipinski definition) is 2. The van der Waals surface area contributed by atoms with Crippen molar-refractivity contribution >= 4 is 17.5 Å². The van der Waals surface area contributed by atoms with Crippen molar-refractivity contribution in [2.75, 3.05) is 18.0 Å². The lowest BCUT2D eigenvalue weighted by atomic mass is 9.89. The Balaban J connectivity index is 1.43. The highest BCUT2D eigenvalue weighted by molar-refractivity contribution is 6.21. The number of imide groups is 1. The largest absolute Gasteiger partial charge is 0.324 e. The molecular formula is C22H24FN2O2+. The van der Waals surface area contributed by atoms with Crippen LogP contribution in [0.3, 0.4) is 0 Å². The molecule has 4 rings (SSSR count). The Kier molecular flexibility index (Phi) is 4.79. The highest BCUT2D eigenvalue weighted by Crippen LogP contribution is 2.26. The summed E-state index contributed by atoms with van der Waals surface area (Å²) < 4.78 is 13.1. The lowest BCUT2D eigenvalue weighted by Crippen LogP contribution is -3.17. The predicted molar refractivity (Wildman–Crippen MR) is 101 cm³/mol. The molecule has 0 saturated carbocycles. The molecule has 2 amide bonds. The minimum Gasteiger partial charge on any atom is -0.324 e. The van der Waals surface area contributed by atoms with Crippen LogP contribution in [0.5, 0.6) is 0 Å². The Morgan fingerprint density at radius 1 is 0.963 bits per heavy atom. The van der Waals surface area contributed by atoms with Crippen molar-refractivity contribution in [3.05, 3.63) is 65.5 Å². The molecule has 2 heterocycles. The number of nitrogens with zero attached hydrogens (tertiary/aromatic N) is 1. The summed E-state index contributed by atoms with van der Waals surface area (Å²) in [6, 6.07) is 14.0. The normalized spacial score (nSPS) is 25.9. The van der Waals surface area contributed by atoms with Gasteiger partial charge in [-0.15, -0.1) is 0 Å². The average Bonchev–Trinajstić information content (AvgIpc) is 2.98. The van der Waals surface area contributed by atoms with Crippen molar-refractivity contribution in [3.63, 3.8) is 0 Å². The maximum atomic E-state index is 13.1. The standard InChI is InChI=1S/C22H23FN2O2/c1-15-2-8-19(9-3-15)25-21(26)14-20(22(25)27)24-12-10-17(11-13-24)16-4-6-18(23)7-5-16/h2-9,17,20H,10-14H2,1H3/p+1/t20-/m1/s1. The number of piperidine rings is 1. The molecule has 0 aliphatic carbocycles. The van der Waals surface area contributed by atoms with Crippen molar-refractivity contribution < 1.29 is 18.9 Å². The molecule has 0 unspecified atom stereocenters. The van der Waals surface area contributed by atoms with Gasteiger partial charge in [-0.3, -0.25) is 9.59 Å². The van der Waals surface area contributed by atoms with E-state index < -0.39 is 0 Å². The van der Waals surface area contributed by atoms with Crippen LogP contribution in [-0.4, -0.2) is 30.9 Å². The van der Waals surface area contributed by atoms with E-state index in [-0.39, 0.29) is 30.1 Å². The van der Waals surface area contributed by atoms with Crippen LogP contribution in [0.2, 0.25) is 0 Å². The van der Waals surface area contributed by atoms with Crippen molar-refractivity contribution in [1.29, 1.82) is 0 Å². The Labute approximate surface area is 158 Å². The number of likely N-dealkylation sites (tertiary alicyclic amines) is 1. The van der Waals surface area contributed by atoms with Crippen molar-refractivity contribution in [2.24, 2.45) is 0 Å². The second-order valence-electron chi connectivity index (χ2n) is 7.64. The molecule has 1 atom stereocenters. The van der Waals surface area contributed by atoms with Crippen LogP contribution >= 0.6 is 0 Å². The second-order valence-corrected chi connectivity index (χ2v) is 7.64. The molecular weight excluding hydrogens is 343 g/mol. The highest BCUT2D eigenvalue weighted by Gasteiger charge is 2.46. The van der Waals surface area contributed by atoms with Gasteiger partial charge in [-0.1, -0.05) is 29.8 Å². The molecule has 2 saturated heterocycles. The molecule has 4 nitrogen and oxygen atoms in total. The first-order chi connectivity index (χ1) is 13.0. The molecule has 1 N–H and O–H groups in total. The van der Waals surface area contributed by atoms with E-state index in [4.69, 9.17) is 0 Å². The topological polar surface area (TPSA) is 41.8 Å². The molecule has 27 heavy (non-hydrogen) atoms. The first kappa shape index (κ1) is 17.9. The van der Waals surface area contributed by atoms with Gasteiger partial charge >= 0.3 is 0 Å². The molecule has 2 aliphatic rings. The van der Waals surface area contributed by atoms with Gasteiger partial charge in [-0.2, -0.15) is 0 Å². The average molecular weight is 367 g/mol. The Bertz CT molecular complexity index is 840. The maximum absolute atomic E-state index is 13.1. The highest BCUT2D eigenvalue weighted by atomic mass is 19.1. The molecule has 0 aromatic heterocycles. The number of amides is 2. The number of carbonyl (C=O) groups excluding carboxylic acids is 2. The Morgan fingerprint density at radius 3 is 2.22 bits per heavy atom. The quantitative estimate of drug-likeness (QED) is 0.846. The van der Waals surface area contributed by atoms with Gasteiger partial charge in [0.25, 0.3) is 5.91 Å². The minimum atomic E-state index is -0.284. The van der Waals surface area contributed by atoms with Gasteiger partial charge in [-0.25, -0.2) is 9.29 Å². The monoisotopic (exact) mass is 367 g/mol. The van der Waals surface area contributed by atoms with Gasteiger partial charge in [0.1, 0.15) is 5.82 Å². The van der Waals surface area contributed by atoms with Crippen LogP contribution in [0.25, 0.3) is 0 Å². The van der Waals surface area contributed by atoms with E-state index in [9.17, 15) is 14.0 Å². The number of quaternary nitrogens is 1. The zero-order chi connectivity index (χ0) is 19.0. The number of nitrogens with one attached hydrogen (secondary N) is 1. The third kappa shape index (κ3) is 3.52. The van der Waals surface area contributed by atoms with Crippen molar-refractivity contribution in [1.82, 2.24) is 0 Å². The van der Waals surface area contributed by atoms with E-state index >= 15 is 0 Å². The number of carbonyl (C=O) groups is 2. The third-order valence-corrected chi connectivity index (χ3v) is 5.90. The molecule has 0 radical (unpaired) electrons. The van der Waals surface area contributed by atoms with Crippen molar-refractivity contribution in [2.45, 2.75) is 38.1 Å². The maximum Gasteiger partial charge on any atom is 0.292 e. The molecule has 2 aliphatic heterocycles. The summed E-state index contributed by atoms with van der Waals surface area (Å²) in [5.74, 6) is -0.0103. The van der Waals surface area contributed by atoms with Gasteiger partial charge in [-0.05, 0) is 42.7 Å². The number of anilines is 1. The predicted octanol–water partition coefficient (Wildman–Crippen LogP) is 2.23. The van der Waals surface area contributed by atoms with Crippen LogP contribution < -0.4 is 9.80 Å². The summed E-state index contributed by atoms with van der Waals surface area (Å²) in [5.41, 5.74) is 2.92. The lowest BCUT2D eigenvalue weighted by Gasteiger charge is -2.32. The first-order valence-electron chi connectivity index (χ1n) is 9.56. The fraction of sp³-hybridized carbons (Fsp3) is 0.364. The summed E-state index contributed by atoms with van der Waals surface area (Å²) in [7, 11) is 0. The molecule has 2 aromatic carbocycles. The van der Waals surface area contributed by atoms with Crippen LogP contribution in [-0.2, 0) is 9.59 Å². The molecule has 2 aromatic rings. The summed E-state index contributed by atoms with van der Waals surface area (Å²) in [5, 5.41) is 0. The zero-order valence-electron chi connectivity index (χ0n) is 15.5. The van der Waals surface area contributed by atoms with E-state index in [0.717, 1.165) is 37.1 Å². The number of hydrogen-bond donors (Lipinski definition) is 1. The van der Waals surface area contributed by atoms with Crippen LogP contribution in [0, 0.1) is 12.7 Å². The second kappa shape index (κ2) is 7.24. The summed E-state index contributed by atoms with van der Waals surface area (Å²) in [4.78, 5) is 28.0. The molecule has 0 bridgehead atoms. The molecule has 0 spiro atoms. The summed E-state index contributed by atoms with van der Waals surface area (Å²) in [6.07, 6.45) is 2.18. The zero-order valence-corrected chi connectivity index (χ0v) is 15.5. The molecule has 140 valence electrons. The Morgan fingerprint density at radius 2 is 1.59 bits per heavy atom. The number of benzene rings is 2. The van der Waals surface area contributed by atoms with Crippen LogP contribution in [0.15, 0.2) is 48.5 Å². The fourth-order valence-electron chi connectivity index (χ4n) is 4.32. The smallest absolute Gasteiger partial charge is 0.292 e. The third-order valence-electron chi connectivity index (χ3n) is 5.90. The van der Waals surface area contributed by atoms with E-state index in [1.165, 1.54) is 21.9 Å². The van der Waals surface area contributed by atoms with Gasteiger partial charge in [0.2, 0.25) is 5.91 Å². The number of rotatable bonds is 3. The fourth-order valence-corrected chi connectivity index (χ4v) is 4.32. The number of aryl methyl sites for hydroxylation is 1. The van der Waals surface area contributed by atoms with Crippen molar-refractivity contribution in [3.8, 4) is 0 Å². The van der Waals surface area contributed by atoms with E-state index in [0.29, 0.717) is 11.6 Å². The SMILES string of the molecule is Cc1ccc(N2C(=O)C[C@@H]([NH+]3CCC(c4ccc(F)cc4)CC3)C2=O)cc1. The summed E-state index contributed by atoms with van der Waals surface area (Å²) >= 11 is 0. The number of halogens is 1. The minimum absolute atomic E-state index is 0.0842. The first-order valence-corrected chi connectivity index (χ1v) is 9.56. The summed E-state index contributed by atoms with van der Waals surface area (Å²) in [6.45, 7) is 3.69. The molecule has 5 heteroatoms. The lowest BCUT2D eigenvalue weighted by molar-refractivity contribution is -0.920. The van der Waals surface area contributed by atoms with E-state index in [1.807, 2.05) is 43.3 Å². The van der Waals surface area contributed by atoms with Gasteiger partial charge in [0.05, 0.1) is 25.2 Å². The van der Waals surface area contributed by atoms with E-state index in [2.05, 4.69) is 0 Å². The van der Waals surface area contributed by atoms with Gasteiger partial charge in [0.15, 0.2) is 6.04 Å². The van der Waals surface area contributed by atoms with Crippen LogP contribution in [0.4, 0.5) is 10.1 Å². The Hall–Kier alpha value is -2.53. The molecule has 2 fully saturated rings. The van der Waals surface area contributed by atoms with Gasteiger partial charge in [0, 0.05) is 12.8 Å². The van der Waals surface area contributed by atoms with Gasteiger partial charge < -0.3 is 4.90 Å². The van der Waals surface area contributed by atoms with Crippen LogP contribution in [0.1, 0.15) is 36.3 Å².